The quantitative estimate of drug-likeness (QED) is 0.940. The molecule has 0 atom stereocenters. The van der Waals surface area contributed by atoms with Crippen LogP contribution in [-0.2, 0) is 4.79 Å². The van der Waals surface area contributed by atoms with Crippen LogP contribution in [0.1, 0.15) is 15.9 Å². The minimum Gasteiger partial charge on any atom is -0.482 e. The summed E-state index contributed by atoms with van der Waals surface area (Å²) in [6.45, 7) is -0.357. The summed E-state index contributed by atoms with van der Waals surface area (Å²) in [6, 6.07) is 14.8. The lowest BCUT2D eigenvalue weighted by atomic mass is 10.2. The zero-order chi connectivity index (χ0) is 15.9. The summed E-state index contributed by atoms with van der Waals surface area (Å²) < 4.78 is 5.23. The zero-order valence-corrected chi connectivity index (χ0v) is 12.1. The van der Waals surface area contributed by atoms with Crippen molar-refractivity contribution in [3.63, 3.8) is 0 Å². The Morgan fingerprint density at radius 2 is 1.91 bits per heavy atom. The summed E-state index contributed by atoms with van der Waals surface area (Å²) in [4.78, 5) is 23.4. The molecule has 0 fully saturated rings. The van der Waals surface area contributed by atoms with Gasteiger partial charge in [-0.3, -0.25) is 14.9 Å². The molecular weight excluding hydrogens is 304 g/mol. The van der Waals surface area contributed by atoms with Gasteiger partial charge in [0.2, 0.25) is 0 Å². The third kappa shape index (κ3) is 4.08. The van der Waals surface area contributed by atoms with E-state index >= 15 is 0 Å². The first-order valence-corrected chi connectivity index (χ1v) is 6.69. The average Bonchev–Trinajstić information content (AvgIpc) is 2.54. The normalized spacial score (nSPS) is 9.64. The maximum Gasteiger partial charge on any atom is 0.264 e. The van der Waals surface area contributed by atoms with E-state index in [2.05, 4.69) is 5.32 Å². The molecule has 110 valence electrons. The lowest BCUT2D eigenvalue weighted by molar-refractivity contribution is -0.122. The number of amides is 2. The average molecular weight is 315 g/mol. The minimum absolute atomic E-state index is 0.223. The Labute approximate surface area is 132 Å². The van der Waals surface area contributed by atoms with Crippen LogP contribution < -0.4 is 10.1 Å². The molecule has 0 unspecified atom stereocenters. The van der Waals surface area contributed by atoms with Gasteiger partial charge in [-0.05, 0) is 30.3 Å². The SMILES string of the molecule is N#Cc1ccc(OCC(=O)NC(=O)c2ccccc2)c(Cl)c1. The van der Waals surface area contributed by atoms with Crippen molar-refractivity contribution >= 4 is 23.4 Å². The van der Waals surface area contributed by atoms with Crippen LogP contribution in [0.5, 0.6) is 5.75 Å². The molecule has 0 aliphatic heterocycles. The summed E-state index contributed by atoms with van der Waals surface area (Å²) in [5.41, 5.74) is 0.772. The van der Waals surface area contributed by atoms with E-state index in [1.54, 1.807) is 30.3 Å². The van der Waals surface area contributed by atoms with Crippen LogP contribution in [0.15, 0.2) is 48.5 Å². The molecule has 6 heteroatoms. The maximum absolute atomic E-state index is 11.8. The molecule has 1 N–H and O–H groups in total. The van der Waals surface area contributed by atoms with Gasteiger partial charge >= 0.3 is 0 Å². The lowest BCUT2D eigenvalue weighted by Crippen LogP contribution is -2.34. The van der Waals surface area contributed by atoms with E-state index in [-0.39, 0.29) is 17.4 Å². The van der Waals surface area contributed by atoms with Gasteiger partial charge in [0.1, 0.15) is 5.75 Å². The number of rotatable bonds is 4. The molecule has 2 aromatic carbocycles. The first-order valence-electron chi connectivity index (χ1n) is 6.32. The van der Waals surface area contributed by atoms with Crippen LogP contribution in [0.3, 0.4) is 0 Å². The van der Waals surface area contributed by atoms with Crippen LogP contribution in [-0.4, -0.2) is 18.4 Å². The molecule has 0 aromatic heterocycles. The van der Waals surface area contributed by atoms with Gasteiger partial charge in [0, 0.05) is 5.56 Å². The molecule has 0 aliphatic rings. The van der Waals surface area contributed by atoms with Gasteiger partial charge in [0.15, 0.2) is 6.61 Å². The van der Waals surface area contributed by atoms with Crippen LogP contribution in [0.4, 0.5) is 0 Å². The molecule has 0 heterocycles. The van der Waals surface area contributed by atoms with Crippen molar-refractivity contribution in [1.29, 1.82) is 5.26 Å². The number of benzene rings is 2. The molecule has 0 bridgehead atoms. The van der Waals surface area contributed by atoms with Gasteiger partial charge in [0.05, 0.1) is 16.7 Å². The fourth-order valence-electron chi connectivity index (χ4n) is 1.66. The molecule has 0 saturated heterocycles. The second kappa shape index (κ2) is 7.25. The van der Waals surface area contributed by atoms with Gasteiger partial charge in [-0.2, -0.15) is 5.26 Å². The molecule has 2 rings (SSSR count). The zero-order valence-electron chi connectivity index (χ0n) is 11.4. The summed E-state index contributed by atoms with van der Waals surface area (Å²) >= 11 is 5.92. The molecule has 2 amide bonds. The number of nitriles is 1. The van der Waals surface area contributed by atoms with E-state index in [9.17, 15) is 9.59 Å². The predicted octanol–water partition coefficient (Wildman–Crippen LogP) is 2.55. The maximum atomic E-state index is 11.8. The summed E-state index contributed by atoms with van der Waals surface area (Å²) in [5, 5.41) is 11.2. The molecule has 0 aliphatic carbocycles. The monoisotopic (exact) mass is 314 g/mol. The highest BCUT2D eigenvalue weighted by molar-refractivity contribution is 6.32. The Balaban J connectivity index is 1.91. The third-order valence-electron chi connectivity index (χ3n) is 2.71. The summed E-state index contributed by atoms with van der Waals surface area (Å²) in [5.74, 6) is -0.822. The van der Waals surface area contributed by atoms with Crippen molar-refractivity contribution in [2.24, 2.45) is 0 Å². The first kappa shape index (κ1) is 15.5. The van der Waals surface area contributed by atoms with Gasteiger partial charge in [-0.25, -0.2) is 0 Å². The fourth-order valence-corrected chi connectivity index (χ4v) is 1.89. The number of carbonyl (C=O) groups is 2. The fraction of sp³-hybridized carbons (Fsp3) is 0.0625. The molecule has 0 spiro atoms. The molecule has 5 nitrogen and oxygen atoms in total. The van der Waals surface area contributed by atoms with Gasteiger partial charge in [-0.15, -0.1) is 0 Å². The lowest BCUT2D eigenvalue weighted by Gasteiger charge is -2.08. The van der Waals surface area contributed by atoms with Crippen LogP contribution in [0.25, 0.3) is 0 Å². The molecule has 0 saturated carbocycles. The van der Waals surface area contributed by atoms with Gasteiger partial charge in [0.25, 0.3) is 11.8 Å². The van der Waals surface area contributed by atoms with E-state index in [1.165, 1.54) is 18.2 Å². The summed E-state index contributed by atoms with van der Waals surface area (Å²) in [6.07, 6.45) is 0. The topological polar surface area (TPSA) is 79.2 Å². The number of nitrogens with one attached hydrogen (secondary N) is 1. The molecule has 22 heavy (non-hydrogen) atoms. The van der Waals surface area contributed by atoms with E-state index in [0.29, 0.717) is 11.1 Å². The van der Waals surface area contributed by atoms with Crippen molar-refractivity contribution in [2.75, 3.05) is 6.61 Å². The Morgan fingerprint density at radius 1 is 1.18 bits per heavy atom. The number of ether oxygens (including phenoxy) is 1. The van der Waals surface area contributed by atoms with Crippen molar-refractivity contribution in [3.05, 3.63) is 64.7 Å². The van der Waals surface area contributed by atoms with Gasteiger partial charge in [-0.1, -0.05) is 29.8 Å². The minimum atomic E-state index is -0.589. The Hall–Kier alpha value is -2.84. The molecular formula is C16H11ClN2O3. The first-order chi connectivity index (χ1) is 10.6. The van der Waals surface area contributed by atoms with E-state index in [4.69, 9.17) is 21.6 Å². The summed E-state index contributed by atoms with van der Waals surface area (Å²) in [7, 11) is 0. The predicted molar refractivity (Wildman–Crippen MR) is 80.6 cm³/mol. The second-order valence-corrected chi connectivity index (χ2v) is 4.70. The molecule has 2 aromatic rings. The second-order valence-electron chi connectivity index (χ2n) is 4.29. The number of hydrogen-bond acceptors (Lipinski definition) is 4. The Kier molecular flexibility index (Phi) is 5.12. The van der Waals surface area contributed by atoms with Crippen molar-refractivity contribution in [3.8, 4) is 11.8 Å². The Bertz CT molecular complexity index is 739. The molecule has 0 radical (unpaired) electrons. The Morgan fingerprint density at radius 3 is 2.55 bits per heavy atom. The smallest absolute Gasteiger partial charge is 0.264 e. The third-order valence-corrected chi connectivity index (χ3v) is 3.00. The van der Waals surface area contributed by atoms with Crippen molar-refractivity contribution < 1.29 is 14.3 Å². The number of hydrogen-bond donors (Lipinski definition) is 1. The number of carbonyl (C=O) groups excluding carboxylic acids is 2. The van der Waals surface area contributed by atoms with E-state index in [1.807, 2.05) is 6.07 Å². The number of halogens is 1. The number of imide groups is 1. The highest BCUT2D eigenvalue weighted by Crippen LogP contribution is 2.24. The number of nitrogens with zero attached hydrogens (tertiary/aromatic N) is 1. The van der Waals surface area contributed by atoms with Crippen LogP contribution in [0, 0.1) is 11.3 Å². The highest BCUT2D eigenvalue weighted by atomic mass is 35.5. The largest absolute Gasteiger partial charge is 0.482 e. The van der Waals surface area contributed by atoms with Crippen molar-refractivity contribution in [2.45, 2.75) is 0 Å². The van der Waals surface area contributed by atoms with E-state index in [0.717, 1.165) is 0 Å². The van der Waals surface area contributed by atoms with Crippen LogP contribution in [0.2, 0.25) is 5.02 Å². The highest BCUT2D eigenvalue weighted by Gasteiger charge is 2.11. The standard InChI is InChI=1S/C16H11ClN2O3/c17-13-8-11(9-18)6-7-14(13)22-10-15(20)19-16(21)12-4-2-1-3-5-12/h1-8H,10H2,(H,19,20,21). The van der Waals surface area contributed by atoms with Crippen molar-refractivity contribution in [1.82, 2.24) is 5.32 Å². The van der Waals surface area contributed by atoms with Crippen LogP contribution >= 0.6 is 11.6 Å². The van der Waals surface area contributed by atoms with E-state index < -0.39 is 11.8 Å². The van der Waals surface area contributed by atoms with Gasteiger partial charge < -0.3 is 4.74 Å².